The van der Waals surface area contributed by atoms with Crippen LogP contribution in [0.4, 0.5) is 4.39 Å². The van der Waals surface area contributed by atoms with Crippen LogP contribution in [0.15, 0.2) is 59.0 Å². The van der Waals surface area contributed by atoms with Crippen LogP contribution in [0, 0.1) is 5.82 Å². The zero-order valence-electron chi connectivity index (χ0n) is 17.6. The molecule has 2 heterocycles. The molecule has 1 aliphatic rings. The van der Waals surface area contributed by atoms with Crippen molar-refractivity contribution in [2.75, 3.05) is 40.4 Å². The lowest BCUT2D eigenvalue weighted by Crippen LogP contribution is -2.48. The molecule has 0 saturated carbocycles. The van der Waals surface area contributed by atoms with Gasteiger partial charge in [0.25, 0.3) is 5.91 Å². The highest BCUT2D eigenvalue weighted by molar-refractivity contribution is 5.92. The van der Waals surface area contributed by atoms with E-state index in [9.17, 15) is 9.18 Å². The van der Waals surface area contributed by atoms with Crippen molar-refractivity contribution in [1.82, 2.24) is 9.80 Å². The van der Waals surface area contributed by atoms with Crippen LogP contribution < -0.4 is 9.47 Å². The summed E-state index contributed by atoms with van der Waals surface area (Å²) in [5, 5.41) is 0. The van der Waals surface area contributed by atoms with Gasteiger partial charge in [0.05, 0.1) is 19.8 Å². The fraction of sp³-hybridized carbons (Fsp3) is 0.292. The number of amides is 1. The number of piperazine rings is 1. The van der Waals surface area contributed by atoms with Crippen molar-refractivity contribution in [1.29, 1.82) is 0 Å². The Morgan fingerprint density at radius 3 is 2.48 bits per heavy atom. The summed E-state index contributed by atoms with van der Waals surface area (Å²) in [6, 6.07) is 15.4. The molecule has 0 N–H and O–H groups in total. The molecule has 1 fully saturated rings. The van der Waals surface area contributed by atoms with E-state index in [0.717, 1.165) is 30.2 Å². The molecule has 1 aromatic heterocycles. The molecule has 0 bridgehead atoms. The zero-order chi connectivity index (χ0) is 21.8. The fourth-order valence-electron chi connectivity index (χ4n) is 3.77. The summed E-state index contributed by atoms with van der Waals surface area (Å²) in [4.78, 5) is 16.9. The van der Waals surface area contributed by atoms with Gasteiger partial charge in [0.15, 0.2) is 5.76 Å². The summed E-state index contributed by atoms with van der Waals surface area (Å²) in [5.74, 6) is 1.62. The van der Waals surface area contributed by atoms with E-state index in [0.29, 0.717) is 31.0 Å². The normalized spacial score (nSPS) is 14.5. The third-order valence-corrected chi connectivity index (χ3v) is 5.50. The molecule has 0 unspecified atom stereocenters. The second-order valence-corrected chi connectivity index (χ2v) is 7.39. The van der Waals surface area contributed by atoms with Crippen LogP contribution in [-0.4, -0.2) is 56.1 Å². The van der Waals surface area contributed by atoms with Gasteiger partial charge >= 0.3 is 0 Å². The highest BCUT2D eigenvalue weighted by Gasteiger charge is 2.25. The summed E-state index contributed by atoms with van der Waals surface area (Å²) in [6.45, 7) is 3.34. The van der Waals surface area contributed by atoms with Crippen LogP contribution >= 0.6 is 0 Å². The monoisotopic (exact) mass is 424 g/mol. The minimum Gasteiger partial charge on any atom is -0.497 e. The molecule has 2 aromatic carbocycles. The molecule has 162 valence electrons. The lowest BCUT2D eigenvalue weighted by molar-refractivity contribution is 0.0597. The predicted octanol–water partition coefficient (Wildman–Crippen LogP) is 4.06. The Morgan fingerprint density at radius 1 is 1.00 bits per heavy atom. The third-order valence-electron chi connectivity index (χ3n) is 5.50. The van der Waals surface area contributed by atoms with Crippen molar-refractivity contribution in [3.05, 3.63) is 71.7 Å². The highest BCUT2D eigenvalue weighted by Crippen LogP contribution is 2.27. The van der Waals surface area contributed by atoms with Gasteiger partial charge in [-0.25, -0.2) is 4.39 Å². The quantitative estimate of drug-likeness (QED) is 0.597. The van der Waals surface area contributed by atoms with E-state index in [-0.39, 0.29) is 17.5 Å². The molecule has 0 atom stereocenters. The van der Waals surface area contributed by atoms with E-state index >= 15 is 0 Å². The first-order valence-corrected chi connectivity index (χ1v) is 10.2. The maximum Gasteiger partial charge on any atom is 0.289 e. The Hall–Kier alpha value is -3.32. The summed E-state index contributed by atoms with van der Waals surface area (Å²) in [6.07, 6.45) is 0. The number of nitrogens with zero attached hydrogens (tertiary/aromatic N) is 2. The Morgan fingerprint density at radius 2 is 1.77 bits per heavy atom. The average molecular weight is 424 g/mol. The van der Waals surface area contributed by atoms with E-state index in [1.807, 2.05) is 18.2 Å². The van der Waals surface area contributed by atoms with Crippen LogP contribution in [-0.2, 0) is 6.54 Å². The van der Waals surface area contributed by atoms with Gasteiger partial charge in [-0.2, -0.15) is 0 Å². The van der Waals surface area contributed by atoms with Crippen LogP contribution in [0.3, 0.4) is 0 Å². The smallest absolute Gasteiger partial charge is 0.289 e. The van der Waals surface area contributed by atoms with E-state index in [4.69, 9.17) is 13.9 Å². The molecule has 1 saturated heterocycles. The number of carbonyl (C=O) groups excluding carboxylic acids is 1. The summed E-state index contributed by atoms with van der Waals surface area (Å²) < 4.78 is 30.4. The molecular formula is C24H25FN2O4. The molecule has 4 rings (SSSR count). The van der Waals surface area contributed by atoms with E-state index < -0.39 is 0 Å². The molecule has 0 spiro atoms. The van der Waals surface area contributed by atoms with Crippen molar-refractivity contribution in [3.8, 4) is 22.8 Å². The van der Waals surface area contributed by atoms with Crippen molar-refractivity contribution in [2.24, 2.45) is 0 Å². The lowest BCUT2D eigenvalue weighted by atomic mass is 10.1. The Balaban J connectivity index is 1.38. The minimum absolute atomic E-state index is 0.179. The van der Waals surface area contributed by atoms with Gasteiger partial charge in [-0.05, 0) is 42.5 Å². The van der Waals surface area contributed by atoms with Crippen molar-refractivity contribution >= 4 is 5.91 Å². The molecule has 1 amide bonds. The van der Waals surface area contributed by atoms with Crippen LogP contribution in [0.1, 0.15) is 16.1 Å². The summed E-state index contributed by atoms with van der Waals surface area (Å²) >= 11 is 0. The lowest BCUT2D eigenvalue weighted by Gasteiger charge is -2.34. The average Bonchev–Trinajstić information content (AvgIpc) is 3.29. The summed E-state index contributed by atoms with van der Waals surface area (Å²) in [7, 11) is 3.29. The van der Waals surface area contributed by atoms with Gasteiger partial charge < -0.3 is 18.8 Å². The van der Waals surface area contributed by atoms with Gasteiger partial charge in [-0.3, -0.25) is 9.69 Å². The Kier molecular flexibility index (Phi) is 6.23. The van der Waals surface area contributed by atoms with E-state index in [1.54, 1.807) is 49.5 Å². The molecule has 0 radical (unpaired) electrons. The number of ether oxygens (including phenoxy) is 2. The first kappa shape index (κ1) is 20.9. The molecule has 31 heavy (non-hydrogen) atoms. The number of hydrogen-bond donors (Lipinski definition) is 0. The van der Waals surface area contributed by atoms with Gasteiger partial charge in [-0.15, -0.1) is 0 Å². The number of furan rings is 1. The number of benzene rings is 2. The molecule has 0 aliphatic carbocycles. The van der Waals surface area contributed by atoms with Crippen molar-refractivity contribution in [2.45, 2.75) is 6.54 Å². The van der Waals surface area contributed by atoms with Gasteiger partial charge in [0, 0.05) is 38.3 Å². The van der Waals surface area contributed by atoms with Gasteiger partial charge in [0.1, 0.15) is 23.1 Å². The largest absolute Gasteiger partial charge is 0.497 e. The maximum absolute atomic E-state index is 14.0. The van der Waals surface area contributed by atoms with Crippen molar-refractivity contribution in [3.63, 3.8) is 0 Å². The fourth-order valence-corrected chi connectivity index (χ4v) is 3.77. The van der Waals surface area contributed by atoms with E-state index in [1.165, 1.54) is 6.07 Å². The van der Waals surface area contributed by atoms with Crippen molar-refractivity contribution < 1.29 is 23.1 Å². The van der Waals surface area contributed by atoms with Gasteiger partial charge in [0.2, 0.25) is 0 Å². The number of hydrogen-bond acceptors (Lipinski definition) is 5. The SMILES string of the molecule is COc1ccc(OC)c(CN2CCN(C(=O)c3ccc(-c4ccccc4F)o3)CC2)c1. The molecule has 7 heteroatoms. The standard InChI is InChI=1S/C24H25FN2O4/c1-29-18-7-8-21(30-2)17(15-18)16-26-11-13-27(14-12-26)24(28)23-10-9-22(31-23)19-5-3-4-6-20(19)25/h3-10,15H,11-14,16H2,1-2H3. The number of methoxy groups -OCH3 is 2. The Labute approximate surface area is 180 Å². The Bertz CT molecular complexity index is 1060. The number of halogens is 1. The van der Waals surface area contributed by atoms with E-state index in [2.05, 4.69) is 4.90 Å². The van der Waals surface area contributed by atoms with Crippen LogP contribution in [0.25, 0.3) is 11.3 Å². The molecular weight excluding hydrogens is 399 g/mol. The summed E-state index contributed by atoms with van der Waals surface area (Å²) in [5.41, 5.74) is 1.39. The second kappa shape index (κ2) is 9.22. The van der Waals surface area contributed by atoms with Gasteiger partial charge in [-0.1, -0.05) is 12.1 Å². The predicted molar refractivity (Wildman–Crippen MR) is 115 cm³/mol. The number of rotatable bonds is 6. The van der Waals surface area contributed by atoms with Crippen LogP contribution in [0.5, 0.6) is 11.5 Å². The highest BCUT2D eigenvalue weighted by atomic mass is 19.1. The topological polar surface area (TPSA) is 55.2 Å². The molecule has 6 nitrogen and oxygen atoms in total. The minimum atomic E-state index is -0.377. The number of carbonyl (C=O) groups is 1. The zero-order valence-corrected chi connectivity index (χ0v) is 17.6. The van der Waals surface area contributed by atoms with Crippen LogP contribution in [0.2, 0.25) is 0 Å². The third kappa shape index (κ3) is 4.56. The first-order chi connectivity index (χ1) is 15.1. The second-order valence-electron chi connectivity index (χ2n) is 7.39. The first-order valence-electron chi connectivity index (χ1n) is 10.2. The molecule has 1 aliphatic heterocycles. The molecule has 3 aromatic rings. The maximum atomic E-state index is 14.0.